The number of rotatable bonds is 7. The highest BCUT2D eigenvalue weighted by atomic mass is 15.1. The summed E-state index contributed by atoms with van der Waals surface area (Å²) in [6.45, 7) is 9.55. The molecule has 2 aromatic carbocycles. The first-order chi connectivity index (χ1) is 10.3. The summed E-state index contributed by atoms with van der Waals surface area (Å²) in [5, 5.41) is 3.63. The van der Waals surface area contributed by atoms with E-state index in [4.69, 9.17) is 0 Å². The van der Waals surface area contributed by atoms with Crippen LogP contribution in [0.3, 0.4) is 0 Å². The molecule has 0 heterocycles. The van der Waals surface area contributed by atoms with Gasteiger partial charge in [0.05, 0.1) is 6.04 Å². The zero-order valence-electron chi connectivity index (χ0n) is 13.3. The molecule has 2 heteroatoms. The molecule has 0 aliphatic rings. The van der Waals surface area contributed by atoms with Crippen LogP contribution < -0.4 is 10.2 Å². The molecule has 0 aliphatic heterocycles. The van der Waals surface area contributed by atoms with Crippen LogP contribution in [0, 0.1) is 6.92 Å². The van der Waals surface area contributed by atoms with Gasteiger partial charge in [-0.1, -0.05) is 49.4 Å². The quantitative estimate of drug-likeness (QED) is 0.820. The highest BCUT2D eigenvalue weighted by Gasteiger charge is 2.16. The van der Waals surface area contributed by atoms with Crippen LogP contribution in [0.1, 0.15) is 31.0 Å². The molecule has 0 radical (unpaired) electrons. The lowest BCUT2D eigenvalue weighted by atomic mass is 10.0. The Hall–Kier alpha value is -1.80. The maximum atomic E-state index is 3.63. The van der Waals surface area contributed by atoms with Gasteiger partial charge < -0.3 is 10.2 Å². The van der Waals surface area contributed by atoms with Gasteiger partial charge in [-0.15, -0.1) is 0 Å². The summed E-state index contributed by atoms with van der Waals surface area (Å²) in [6, 6.07) is 19.7. The van der Waals surface area contributed by atoms with Crippen molar-refractivity contribution in [2.24, 2.45) is 0 Å². The predicted molar refractivity (Wildman–Crippen MR) is 91.9 cm³/mol. The summed E-state index contributed by atoms with van der Waals surface area (Å²) in [5.41, 5.74) is 4.04. The summed E-state index contributed by atoms with van der Waals surface area (Å²) < 4.78 is 0. The van der Waals surface area contributed by atoms with Crippen LogP contribution in [0.5, 0.6) is 0 Å². The number of likely N-dealkylation sites (N-methyl/N-ethyl adjacent to an activating group) is 2. The minimum absolute atomic E-state index is 0.358. The molecule has 0 aromatic heterocycles. The van der Waals surface area contributed by atoms with Gasteiger partial charge in [-0.05, 0) is 43.7 Å². The first kappa shape index (κ1) is 15.6. The molecule has 0 aliphatic carbocycles. The van der Waals surface area contributed by atoms with Crippen molar-refractivity contribution in [1.29, 1.82) is 0 Å². The summed E-state index contributed by atoms with van der Waals surface area (Å²) in [7, 11) is 0. The van der Waals surface area contributed by atoms with Crippen LogP contribution in [0.15, 0.2) is 54.6 Å². The van der Waals surface area contributed by atoms with Crippen molar-refractivity contribution >= 4 is 5.69 Å². The topological polar surface area (TPSA) is 15.3 Å². The van der Waals surface area contributed by atoms with Gasteiger partial charge in [0.2, 0.25) is 0 Å². The van der Waals surface area contributed by atoms with Gasteiger partial charge in [0.15, 0.2) is 0 Å². The van der Waals surface area contributed by atoms with E-state index >= 15 is 0 Å². The Balaban J connectivity index is 2.21. The van der Waals surface area contributed by atoms with Crippen molar-refractivity contribution in [2.45, 2.75) is 26.8 Å². The lowest BCUT2D eigenvalue weighted by Gasteiger charge is -2.30. The molecule has 0 bridgehead atoms. The lowest BCUT2D eigenvalue weighted by molar-refractivity contribution is 0.539. The Morgan fingerprint density at radius 2 is 1.62 bits per heavy atom. The van der Waals surface area contributed by atoms with Crippen LogP contribution in [0.2, 0.25) is 0 Å². The zero-order valence-corrected chi connectivity index (χ0v) is 13.3. The molecule has 0 saturated carbocycles. The van der Waals surface area contributed by atoms with Crippen molar-refractivity contribution in [3.8, 4) is 0 Å². The van der Waals surface area contributed by atoms with Gasteiger partial charge in [0.1, 0.15) is 0 Å². The summed E-state index contributed by atoms with van der Waals surface area (Å²) in [5.74, 6) is 0. The standard InChI is InChI=1S/C19H26N2/c1-4-20-19(18-14-10-9-11-16(18)3)15-21(5-2)17-12-7-6-8-13-17/h6-14,19-20H,4-5,15H2,1-3H3. The minimum Gasteiger partial charge on any atom is -0.370 e. The predicted octanol–water partition coefficient (Wildman–Crippen LogP) is 4.17. The van der Waals surface area contributed by atoms with E-state index in [1.54, 1.807) is 0 Å². The Morgan fingerprint density at radius 1 is 0.952 bits per heavy atom. The van der Waals surface area contributed by atoms with Crippen molar-refractivity contribution in [3.05, 3.63) is 65.7 Å². The molecule has 2 aromatic rings. The van der Waals surface area contributed by atoms with E-state index in [0.29, 0.717) is 6.04 Å². The average Bonchev–Trinajstić information content (AvgIpc) is 2.53. The van der Waals surface area contributed by atoms with Crippen LogP contribution in [-0.4, -0.2) is 19.6 Å². The molecule has 1 atom stereocenters. The van der Waals surface area contributed by atoms with Gasteiger partial charge in [-0.25, -0.2) is 0 Å². The van der Waals surface area contributed by atoms with Gasteiger partial charge in [-0.2, -0.15) is 0 Å². The first-order valence-electron chi connectivity index (χ1n) is 7.85. The number of aryl methyl sites for hydroxylation is 1. The van der Waals surface area contributed by atoms with E-state index in [-0.39, 0.29) is 0 Å². The van der Waals surface area contributed by atoms with Crippen LogP contribution in [0.25, 0.3) is 0 Å². The molecular formula is C19H26N2. The Bertz CT molecular complexity index is 536. The third kappa shape index (κ3) is 4.08. The van der Waals surface area contributed by atoms with Crippen LogP contribution in [0.4, 0.5) is 5.69 Å². The number of nitrogens with zero attached hydrogens (tertiary/aromatic N) is 1. The molecule has 1 N–H and O–H groups in total. The van der Waals surface area contributed by atoms with Crippen molar-refractivity contribution < 1.29 is 0 Å². The van der Waals surface area contributed by atoms with E-state index < -0.39 is 0 Å². The number of para-hydroxylation sites is 1. The molecule has 0 spiro atoms. The SMILES string of the molecule is CCNC(CN(CC)c1ccccc1)c1ccccc1C. The molecule has 21 heavy (non-hydrogen) atoms. The van der Waals surface area contributed by atoms with E-state index in [9.17, 15) is 0 Å². The summed E-state index contributed by atoms with van der Waals surface area (Å²) in [4.78, 5) is 2.43. The van der Waals surface area contributed by atoms with E-state index in [1.165, 1.54) is 16.8 Å². The fourth-order valence-corrected chi connectivity index (χ4v) is 2.77. The van der Waals surface area contributed by atoms with E-state index in [1.807, 2.05) is 0 Å². The number of anilines is 1. The minimum atomic E-state index is 0.358. The summed E-state index contributed by atoms with van der Waals surface area (Å²) in [6.07, 6.45) is 0. The van der Waals surface area contributed by atoms with Gasteiger partial charge in [0, 0.05) is 18.8 Å². The zero-order chi connectivity index (χ0) is 15.1. The number of benzene rings is 2. The molecule has 1 unspecified atom stereocenters. The van der Waals surface area contributed by atoms with E-state index in [0.717, 1.165) is 19.6 Å². The van der Waals surface area contributed by atoms with Gasteiger partial charge in [0.25, 0.3) is 0 Å². The molecular weight excluding hydrogens is 256 g/mol. The number of hydrogen-bond acceptors (Lipinski definition) is 2. The second-order valence-corrected chi connectivity index (χ2v) is 5.34. The highest BCUT2D eigenvalue weighted by Crippen LogP contribution is 2.22. The third-order valence-electron chi connectivity index (χ3n) is 3.92. The maximum Gasteiger partial charge on any atom is 0.0500 e. The second-order valence-electron chi connectivity index (χ2n) is 5.34. The summed E-state index contributed by atoms with van der Waals surface area (Å²) >= 11 is 0. The first-order valence-corrected chi connectivity index (χ1v) is 7.85. The molecule has 0 saturated heterocycles. The molecule has 112 valence electrons. The van der Waals surface area contributed by atoms with Crippen LogP contribution >= 0.6 is 0 Å². The third-order valence-corrected chi connectivity index (χ3v) is 3.92. The smallest absolute Gasteiger partial charge is 0.0500 e. The van der Waals surface area contributed by atoms with E-state index in [2.05, 4.69) is 85.6 Å². The number of hydrogen-bond donors (Lipinski definition) is 1. The average molecular weight is 282 g/mol. The Kier molecular flexibility index (Phi) is 5.82. The normalized spacial score (nSPS) is 12.1. The largest absolute Gasteiger partial charge is 0.370 e. The second kappa shape index (κ2) is 7.84. The highest BCUT2D eigenvalue weighted by molar-refractivity contribution is 5.46. The fraction of sp³-hybridized carbons (Fsp3) is 0.368. The van der Waals surface area contributed by atoms with Crippen molar-refractivity contribution in [3.63, 3.8) is 0 Å². The molecule has 0 amide bonds. The van der Waals surface area contributed by atoms with Crippen molar-refractivity contribution in [1.82, 2.24) is 5.32 Å². The molecule has 0 fully saturated rings. The van der Waals surface area contributed by atoms with Crippen molar-refractivity contribution in [2.75, 3.05) is 24.5 Å². The Labute approximate surface area is 128 Å². The number of nitrogens with one attached hydrogen (secondary N) is 1. The monoisotopic (exact) mass is 282 g/mol. The maximum absolute atomic E-state index is 3.63. The van der Waals surface area contributed by atoms with Gasteiger partial charge in [-0.3, -0.25) is 0 Å². The fourth-order valence-electron chi connectivity index (χ4n) is 2.77. The van der Waals surface area contributed by atoms with Gasteiger partial charge >= 0.3 is 0 Å². The lowest BCUT2D eigenvalue weighted by Crippen LogP contribution is -2.35. The molecule has 2 nitrogen and oxygen atoms in total. The van der Waals surface area contributed by atoms with Crippen LogP contribution in [-0.2, 0) is 0 Å². The Morgan fingerprint density at radius 3 is 2.24 bits per heavy atom. The molecule has 2 rings (SSSR count).